The Kier molecular flexibility index (Phi) is 43.9. The van der Waals surface area contributed by atoms with Crippen LogP contribution in [0.5, 0.6) is 5.75 Å². The predicted molar refractivity (Wildman–Crippen MR) is 549 cm³/mol. The van der Waals surface area contributed by atoms with Gasteiger partial charge in [-0.05, 0) is 365 Å². The summed E-state index contributed by atoms with van der Waals surface area (Å²) in [6, 6.07) is 41.5. The molecule has 7 aliphatic carbocycles. The number of benzene rings is 10. The van der Waals surface area contributed by atoms with Gasteiger partial charge in [0.2, 0.25) is 5.82 Å². The summed E-state index contributed by atoms with van der Waals surface area (Å²) in [4.78, 5) is 0. The molecule has 7 aliphatic rings. The van der Waals surface area contributed by atoms with E-state index in [1.54, 1.807) is 132 Å². The van der Waals surface area contributed by atoms with E-state index in [9.17, 15) is 70.2 Å². The van der Waals surface area contributed by atoms with Crippen molar-refractivity contribution in [1.82, 2.24) is 0 Å². The van der Waals surface area contributed by atoms with E-state index in [0.29, 0.717) is 108 Å². The van der Waals surface area contributed by atoms with E-state index in [4.69, 9.17) is 14.2 Å². The normalized spacial score (nSPS) is 22.8. The van der Waals surface area contributed by atoms with Gasteiger partial charge in [-0.15, -0.1) is 0 Å². The van der Waals surface area contributed by atoms with E-state index in [1.165, 1.54) is 181 Å². The van der Waals surface area contributed by atoms with E-state index in [1.807, 2.05) is 24.3 Å². The molecule has 0 aromatic heterocycles. The molecular weight excluding hydrogens is 1810 g/mol. The Balaban J connectivity index is 0.000000437. The molecular formula is C121H162F16O3. The van der Waals surface area contributed by atoms with Crippen LogP contribution in [0.1, 0.15) is 320 Å². The Hall–Kier alpha value is -9.20. The van der Waals surface area contributed by atoms with Gasteiger partial charge in [0.1, 0.15) is 0 Å². The molecule has 0 saturated heterocycles. The maximum Gasteiger partial charge on any atom is 0.200 e. The van der Waals surface area contributed by atoms with E-state index < -0.39 is 93.1 Å². The van der Waals surface area contributed by atoms with Crippen molar-refractivity contribution >= 4 is 0 Å². The molecule has 19 heteroatoms. The van der Waals surface area contributed by atoms with Gasteiger partial charge in [-0.3, -0.25) is 0 Å². The van der Waals surface area contributed by atoms with Gasteiger partial charge in [0.25, 0.3) is 0 Å². The summed E-state index contributed by atoms with van der Waals surface area (Å²) in [5, 5.41) is 0. The lowest BCUT2D eigenvalue weighted by Gasteiger charge is -2.37. The zero-order valence-electron chi connectivity index (χ0n) is 85.1. The molecule has 0 heterocycles. The topological polar surface area (TPSA) is 27.7 Å². The first-order valence-corrected chi connectivity index (χ1v) is 51.2. The number of rotatable bonds is 15. The molecule has 10 aromatic rings. The fourth-order valence-electron chi connectivity index (χ4n) is 20.4. The van der Waals surface area contributed by atoms with Gasteiger partial charge in [-0.2, -0.15) is 4.39 Å². The average molecular weight is 1970 g/mol. The minimum atomic E-state index is -0.847. The lowest BCUT2D eigenvalue weighted by molar-refractivity contribution is -0.00374. The molecule has 0 aliphatic heterocycles. The molecule has 776 valence electrons. The van der Waals surface area contributed by atoms with Crippen molar-refractivity contribution in [3.05, 3.63) is 322 Å². The molecule has 0 spiro atoms. The summed E-state index contributed by atoms with van der Waals surface area (Å²) in [7, 11) is 0. The second-order valence-corrected chi connectivity index (χ2v) is 41.8. The highest BCUT2D eigenvalue weighted by Gasteiger charge is 2.34. The summed E-state index contributed by atoms with van der Waals surface area (Å²) < 4.78 is 230. The molecule has 10 aromatic carbocycles. The van der Waals surface area contributed by atoms with Crippen LogP contribution in [0.3, 0.4) is 0 Å². The predicted octanol–water partition coefficient (Wildman–Crippen LogP) is 38.8. The quantitative estimate of drug-likeness (QED) is 0.0958. The average Bonchev–Trinajstić information content (AvgIpc) is 0.807. The highest BCUT2D eigenvalue weighted by molar-refractivity contribution is 5.66. The first-order chi connectivity index (χ1) is 66.7. The van der Waals surface area contributed by atoms with Gasteiger partial charge in [-0.25, -0.2) is 65.9 Å². The number of hydrogen-bond acceptors (Lipinski definition) is 3. The molecule has 0 atom stereocenters. The maximum absolute atomic E-state index is 14.1. The zero-order valence-corrected chi connectivity index (χ0v) is 85.1. The van der Waals surface area contributed by atoms with Crippen molar-refractivity contribution in [3.8, 4) is 28.0 Å². The molecule has 140 heavy (non-hydrogen) atoms. The number of hydrogen-bond donors (Lipinski definition) is 0. The second-order valence-electron chi connectivity index (χ2n) is 41.8. The first-order valence-electron chi connectivity index (χ1n) is 51.2. The van der Waals surface area contributed by atoms with Crippen LogP contribution in [0.25, 0.3) is 22.3 Å². The maximum atomic E-state index is 14.1. The molecule has 0 unspecified atom stereocenters. The lowest BCUT2D eigenvalue weighted by atomic mass is 9.69. The summed E-state index contributed by atoms with van der Waals surface area (Å²) in [5.41, 5.74) is 9.24. The third-order valence-corrected chi connectivity index (χ3v) is 30.8. The van der Waals surface area contributed by atoms with Crippen LogP contribution in [0.2, 0.25) is 0 Å². The van der Waals surface area contributed by atoms with Crippen molar-refractivity contribution < 1.29 is 94.4 Å². The van der Waals surface area contributed by atoms with Crippen molar-refractivity contribution in [2.45, 2.75) is 328 Å². The molecule has 0 amide bonds. The van der Waals surface area contributed by atoms with Crippen LogP contribution >= 0.6 is 0 Å². The summed E-state index contributed by atoms with van der Waals surface area (Å²) in [5.74, 6) is -2.49. The molecule has 17 rings (SSSR count). The molecule has 7 fully saturated rings. The minimum absolute atomic E-state index is 0. The Morgan fingerprint density at radius 2 is 0.429 bits per heavy atom. The molecule has 0 bridgehead atoms. The molecule has 0 N–H and O–H groups in total. The first kappa shape index (κ1) is 113. The highest BCUT2D eigenvalue weighted by Crippen LogP contribution is 2.45. The summed E-state index contributed by atoms with van der Waals surface area (Å²) in [6.45, 7) is 29.6. The van der Waals surface area contributed by atoms with Gasteiger partial charge in [0, 0.05) is 32.2 Å². The second kappa shape index (κ2) is 54.5. The Labute approximate surface area is 834 Å². The van der Waals surface area contributed by atoms with Gasteiger partial charge >= 0.3 is 0 Å². The standard InChI is InChI=1S/2C21H30F2O.2C20H22F2.C15H20F2O.3C8H8F2.7H2/c1-14-3-8-17(9-4-14)18-10-6-16(7-11-18)13-24-19-12-5-15(2)20(22)21(19)23;1-14-3-6-16(7-4-14)17-9-11-19(12-10-17)24-13-18-8-5-15(2)20(22)21(18)23;2*1-13-3-6-15(7-4-13)16-8-10-17(11-9-16)18-12-5-14(2)19(21)20(18)22;1-10-3-7-13(8-4-10)18-9-12-6-5-11(2)14(16)15(12)17;3*1-5-3-4-6(2)8(10)7(5)9;;;;;;;/h5,12,14,16-18H,3-4,6-11,13H2,1-2H3;5,8,14,16-17,19H,3-4,6-7,9-13H2,1-2H3;2*5,8-13,15H,3-4,6-7H2,1-2H3;5-6,10,13H,3-4,7-9H2,1-2H3;3*3-4H,1-2H3;7*1H. The molecule has 7 saturated carbocycles. The number of halogens is 16. The summed E-state index contributed by atoms with van der Waals surface area (Å²) >= 11 is 0. The highest BCUT2D eigenvalue weighted by atomic mass is 19.2. The van der Waals surface area contributed by atoms with Crippen LogP contribution in [0.15, 0.2) is 146 Å². The largest absolute Gasteiger partial charge is 0.490 e. The van der Waals surface area contributed by atoms with Crippen LogP contribution in [0.4, 0.5) is 70.2 Å². The van der Waals surface area contributed by atoms with Crippen molar-refractivity contribution in [2.24, 2.45) is 59.2 Å². The summed E-state index contributed by atoms with van der Waals surface area (Å²) in [6.07, 6.45) is 35.4. The zero-order chi connectivity index (χ0) is 102. The van der Waals surface area contributed by atoms with Gasteiger partial charge in [0.15, 0.2) is 93.0 Å². The van der Waals surface area contributed by atoms with E-state index in [-0.39, 0.29) is 41.2 Å². The van der Waals surface area contributed by atoms with Crippen molar-refractivity contribution in [1.29, 1.82) is 0 Å². The molecule has 0 radical (unpaired) electrons. The third-order valence-electron chi connectivity index (χ3n) is 30.8. The van der Waals surface area contributed by atoms with Crippen LogP contribution in [-0.2, 0) is 22.7 Å². The van der Waals surface area contributed by atoms with Crippen LogP contribution < -0.4 is 4.74 Å². The fraction of sp³-hybridized carbons (Fsp3) is 0.504. The van der Waals surface area contributed by atoms with E-state index in [2.05, 4.69) is 58.9 Å². The third kappa shape index (κ3) is 32.1. The van der Waals surface area contributed by atoms with E-state index in [0.717, 1.165) is 116 Å². The van der Waals surface area contributed by atoms with Crippen LogP contribution in [0, 0.1) is 228 Å². The number of aryl methyl sites for hydroxylation is 11. The van der Waals surface area contributed by atoms with Crippen molar-refractivity contribution in [2.75, 3.05) is 6.61 Å². The monoisotopic (exact) mass is 1970 g/mol. The van der Waals surface area contributed by atoms with Gasteiger partial charge in [0.05, 0.1) is 32.0 Å². The Morgan fingerprint density at radius 1 is 0.214 bits per heavy atom. The fourth-order valence-corrected chi connectivity index (χ4v) is 20.4. The minimum Gasteiger partial charge on any atom is -0.490 e. The van der Waals surface area contributed by atoms with Crippen molar-refractivity contribution in [3.63, 3.8) is 0 Å². The molecule has 3 nitrogen and oxygen atoms in total. The number of ether oxygens (including phenoxy) is 3. The SMILES string of the molecule is Cc1ccc(-c2ccc(C3CCC(C)CC3)cc2)c(F)c1F.Cc1ccc(-c2ccc(C3CCC(C)CC3)cc2)c(F)c1F.Cc1ccc(C)c(F)c1F.Cc1ccc(C)c(F)c1F.Cc1ccc(C)c(F)c1F.Cc1ccc(COC2CCC(C)CC2)c(F)c1F.Cc1ccc(COC2CCC(C3CCC(C)CC3)CC2)c(F)c1F.Cc1ccc(OCC2CCC(C3CCC(C)CC3)CC2)c(F)c1F.[HH].[HH].[HH].[HH].[HH].[HH].[HH]. The Bertz CT molecular complexity index is 5170. The smallest absolute Gasteiger partial charge is 0.200 e. The van der Waals surface area contributed by atoms with E-state index >= 15 is 0 Å². The lowest BCUT2D eigenvalue weighted by Crippen LogP contribution is -2.28. The van der Waals surface area contributed by atoms with Crippen LogP contribution in [-0.4, -0.2) is 18.8 Å². The van der Waals surface area contributed by atoms with Gasteiger partial charge < -0.3 is 14.2 Å². The Morgan fingerprint density at radius 3 is 0.721 bits per heavy atom. The van der Waals surface area contributed by atoms with Gasteiger partial charge in [-0.1, -0.05) is 226 Å².